The van der Waals surface area contributed by atoms with Crippen molar-refractivity contribution in [2.45, 2.75) is 5.92 Å². The molecule has 12 nitrogen and oxygen atoms in total. The van der Waals surface area contributed by atoms with Crippen molar-refractivity contribution in [3.05, 3.63) is 90.0 Å². The fourth-order valence-electron chi connectivity index (χ4n) is 5.25. The van der Waals surface area contributed by atoms with E-state index in [9.17, 15) is 4.79 Å². The number of rotatable bonds is 30. The molecule has 0 atom stereocenters. The summed E-state index contributed by atoms with van der Waals surface area (Å²) in [6, 6.07) is 26.2. The second-order valence-corrected chi connectivity index (χ2v) is 11.3. The molecule has 0 spiro atoms. The van der Waals surface area contributed by atoms with E-state index in [1.54, 1.807) is 0 Å². The molecule has 1 aliphatic rings. The Hall–Kier alpha value is -3.59. The highest BCUT2D eigenvalue weighted by Crippen LogP contribution is 2.44. The summed E-state index contributed by atoms with van der Waals surface area (Å²) < 4.78 is 55.1. The number of benzene rings is 3. The number of hydrogen-bond donors (Lipinski definition) is 1. The number of alkyl carbamates (subject to hydrolysis) is 1. The predicted octanol–water partition coefficient (Wildman–Crippen LogP) is 4.74. The second-order valence-electron chi connectivity index (χ2n) is 11.3. The molecule has 0 aliphatic heterocycles. The minimum absolute atomic E-state index is 0.0387. The van der Waals surface area contributed by atoms with Crippen LogP contribution < -0.4 is 10.1 Å². The zero-order valence-electron chi connectivity index (χ0n) is 29.5. The summed E-state index contributed by atoms with van der Waals surface area (Å²) in [4.78, 5) is 12.2. The van der Waals surface area contributed by atoms with Gasteiger partial charge in [-0.3, -0.25) is 0 Å². The number of para-hydroxylation sites is 1. The second kappa shape index (κ2) is 26.2. The fourth-order valence-corrected chi connectivity index (χ4v) is 5.25. The van der Waals surface area contributed by atoms with Gasteiger partial charge in [-0.05, 0) is 34.4 Å². The van der Waals surface area contributed by atoms with Crippen LogP contribution in [0.5, 0.6) is 5.75 Å². The van der Waals surface area contributed by atoms with E-state index >= 15 is 0 Å². The van der Waals surface area contributed by atoms with Gasteiger partial charge in [0.2, 0.25) is 0 Å². The van der Waals surface area contributed by atoms with Crippen LogP contribution in [-0.2, 0) is 42.6 Å². The average molecular weight is 712 g/mol. The van der Waals surface area contributed by atoms with Crippen molar-refractivity contribution < 1.29 is 52.2 Å². The van der Waals surface area contributed by atoms with Crippen molar-refractivity contribution in [2.24, 2.45) is 0 Å². The lowest BCUT2D eigenvalue weighted by molar-refractivity contribution is -0.0235. The molecule has 280 valence electrons. The Kier molecular flexibility index (Phi) is 20.7. The summed E-state index contributed by atoms with van der Waals surface area (Å²) in [5.41, 5.74) is 4.78. The van der Waals surface area contributed by atoms with Gasteiger partial charge in [-0.1, -0.05) is 66.7 Å². The van der Waals surface area contributed by atoms with Crippen molar-refractivity contribution >= 4 is 6.09 Å². The molecule has 0 aromatic heterocycles. The standard InChI is InChI=1S/C39H53NO11/c41-39(51-32-38-36-12-6-4-10-34(36)35-11-5-7-13-37(35)38)40-14-15-42-16-17-43-18-19-44-20-21-45-22-23-46-24-25-47-26-27-48-28-29-49-30-31-50-33-8-2-1-3-9-33/h1-13,38H,14-32H2,(H,40,41). The first-order chi connectivity index (χ1) is 25.3. The van der Waals surface area contributed by atoms with E-state index in [2.05, 4.69) is 29.6 Å². The monoisotopic (exact) mass is 711 g/mol. The highest BCUT2D eigenvalue weighted by atomic mass is 16.6. The van der Waals surface area contributed by atoms with Crippen LogP contribution in [0.1, 0.15) is 17.0 Å². The van der Waals surface area contributed by atoms with Gasteiger partial charge in [-0.25, -0.2) is 4.79 Å². The van der Waals surface area contributed by atoms with Crippen molar-refractivity contribution in [1.29, 1.82) is 0 Å². The minimum Gasteiger partial charge on any atom is -0.491 e. The average Bonchev–Trinajstić information content (AvgIpc) is 3.49. The van der Waals surface area contributed by atoms with Gasteiger partial charge in [0.25, 0.3) is 0 Å². The molecule has 0 bridgehead atoms. The van der Waals surface area contributed by atoms with Gasteiger partial charge in [0, 0.05) is 12.5 Å². The van der Waals surface area contributed by atoms with E-state index in [0.717, 1.165) is 5.75 Å². The van der Waals surface area contributed by atoms with Crippen LogP contribution in [0.3, 0.4) is 0 Å². The quantitative estimate of drug-likeness (QED) is 0.0966. The first-order valence-electron chi connectivity index (χ1n) is 17.7. The van der Waals surface area contributed by atoms with E-state index < -0.39 is 6.09 Å². The van der Waals surface area contributed by atoms with Gasteiger partial charge in [0.1, 0.15) is 19.0 Å². The number of hydrogen-bond acceptors (Lipinski definition) is 11. The van der Waals surface area contributed by atoms with Crippen LogP contribution in [0.2, 0.25) is 0 Å². The lowest BCUT2D eigenvalue weighted by Gasteiger charge is -2.14. The van der Waals surface area contributed by atoms with Gasteiger partial charge in [-0.15, -0.1) is 0 Å². The number of nitrogens with one attached hydrogen (secondary N) is 1. The Morgan fingerprint density at radius 1 is 0.451 bits per heavy atom. The zero-order chi connectivity index (χ0) is 35.4. The Morgan fingerprint density at radius 2 is 0.824 bits per heavy atom. The van der Waals surface area contributed by atoms with Gasteiger partial charge in [0.15, 0.2) is 0 Å². The summed E-state index contributed by atoms with van der Waals surface area (Å²) in [7, 11) is 0. The molecule has 0 unspecified atom stereocenters. The van der Waals surface area contributed by atoms with Crippen LogP contribution >= 0.6 is 0 Å². The fraction of sp³-hybridized carbons (Fsp3) is 0.513. The van der Waals surface area contributed by atoms with Crippen LogP contribution in [0.15, 0.2) is 78.9 Å². The molecule has 1 N–H and O–H groups in total. The molecule has 0 heterocycles. The molecular formula is C39H53NO11. The molecule has 1 amide bonds. The first kappa shape index (κ1) is 40.2. The molecule has 12 heteroatoms. The van der Waals surface area contributed by atoms with Gasteiger partial charge in [0.05, 0.1) is 106 Å². The van der Waals surface area contributed by atoms with Crippen LogP contribution in [-0.4, -0.2) is 132 Å². The van der Waals surface area contributed by atoms with Gasteiger partial charge in [-0.2, -0.15) is 0 Å². The lowest BCUT2D eigenvalue weighted by atomic mass is 9.98. The van der Waals surface area contributed by atoms with Gasteiger partial charge < -0.3 is 52.7 Å². The molecule has 0 radical (unpaired) electrons. The summed E-state index contributed by atoms with van der Waals surface area (Å²) in [6.45, 7) is 8.88. The van der Waals surface area contributed by atoms with Crippen molar-refractivity contribution in [3.63, 3.8) is 0 Å². The normalized spacial score (nSPS) is 12.1. The number of carbonyl (C=O) groups excluding carboxylic acids is 1. The summed E-state index contributed by atoms with van der Waals surface area (Å²) in [6.07, 6.45) is -0.451. The third kappa shape index (κ3) is 16.5. The summed E-state index contributed by atoms with van der Waals surface area (Å²) in [5.74, 6) is 0.879. The Labute approximate surface area is 301 Å². The van der Waals surface area contributed by atoms with Crippen LogP contribution in [0.25, 0.3) is 11.1 Å². The lowest BCUT2D eigenvalue weighted by Crippen LogP contribution is -2.29. The van der Waals surface area contributed by atoms with Gasteiger partial charge >= 0.3 is 6.09 Å². The van der Waals surface area contributed by atoms with Crippen molar-refractivity contribution in [2.75, 3.05) is 125 Å². The molecule has 0 fully saturated rings. The minimum atomic E-state index is -0.451. The maximum Gasteiger partial charge on any atom is 0.407 e. The Balaban J connectivity index is 0.810. The first-order valence-corrected chi connectivity index (χ1v) is 17.7. The maximum absolute atomic E-state index is 12.2. The topological polar surface area (TPSA) is 121 Å². The highest BCUT2D eigenvalue weighted by molar-refractivity contribution is 5.79. The smallest absolute Gasteiger partial charge is 0.407 e. The van der Waals surface area contributed by atoms with E-state index in [-0.39, 0.29) is 12.5 Å². The van der Waals surface area contributed by atoms with E-state index in [0.29, 0.717) is 119 Å². The molecule has 51 heavy (non-hydrogen) atoms. The maximum atomic E-state index is 12.2. The summed E-state index contributed by atoms with van der Waals surface area (Å²) >= 11 is 0. The number of ether oxygens (including phenoxy) is 10. The predicted molar refractivity (Wildman–Crippen MR) is 192 cm³/mol. The molecule has 4 rings (SSSR count). The third-order valence-electron chi connectivity index (χ3n) is 7.70. The molecule has 0 saturated heterocycles. The SMILES string of the molecule is O=C(NCCOCCOCCOCCOCCOCCOCCOCCOCCOc1ccccc1)OCC1c2ccccc2-c2ccccc21. The zero-order valence-corrected chi connectivity index (χ0v) is 29.5. The molecule has 1 aliphatic carbocycles. The van der Waals surface area contributed by atoms with Crippen molar-refractivity contribution in [1.82, 2.24) is 5.32 Å². The largest absolute Gasteiger partial charge is 0.491 e. The molecule has 3 aromatic carbocycles. The Bertz CT molecular complexity index is 1280. The number of amides is 1. The number of fused-ring (bicyclic) bond motifs is 3. The molecule has 0 saturated carbocycles. The highest BCUT2D eigenvalue weighted by Gasteiger charge is 2.28. The van der Waals surface area contributed by atoms with Crippen LogP contribution in [0.4, 0.5) is 4.79 Å². The van der Waals surface area contributed by atoms with E-state index in [1.165, 1.54) is 22.3 Å². The number of carbonyl (C=O) groups is 1. The molecular weight excluding hydrogens is 658 g/mol. The van der Waals surface area contributed by atoms with E-state index in [1.807, 2.05) is 54.6 Å². The summed E-state index contributed by atoms with van der Waals surface area (Å²) in [5, 5.41) is 2.74. The van der Waals surface area contributed by atoms with Crippen molar-refractivity contribution in [3.8, 4) is 16.9 Å². The molecule has 3 aromatic rings. The third-order valence-corrected chi connectivity index (χ3v) is 7.70. The van der Waals surface area contributed by atoms with E-state index in [4.69, 9.17) is 47.4 Å². The van der Waals surface area contributed by atoms with Crippen LogP contribution in [0, 0.1) is 0 Å². The Morgan fingerprint density at radius 3 is 1.27 bits per heavy atom.